The number of carboxylic acids is 1. The fourth-order valence-electron chi connectivity index (χ4n) is 2.13. The van der Waals surface area contributed by atoms with Gasteiger partial charge in [0, 0.05) is 13.3 Å². The molecule has 0 aromatic rings. The lowest BCUT2D eigenvalue weighted by Crippen LogP contribution is -2.68. The highest BCUT2D eigenvalue weighted by atomic mass is 16.7. The summed E-state index contributed by atoms with van der Waals surface area (Å²) < 4.78 is 4.80. The molecule has 0 saturated carbocycles. The monoisotopic (exact) mass is 308 g/mol. The minimum Gasteiger partial charge on any atom is -0.544 e. The molecule has 6 atom stereocenters. The van der Waals surface area contributed by atoms with Crippen molar-refractivity contribution in [3.05, 3.63) is 0 Å². The van der Waals surface area contributed by atoms with Crippen LogP contribution < -0.4 is 10.4 Å². The Morgan fingerprint density at radius 1 is 1.48 bits per heavy atom. The van der Waals surface area contributed by atoms with Crippen molar-refractivity contribution < 1.29 is 45.0 Å². The molecule has 0 radical (unpaired) electrons. The zero-order valence-electron chi connectivity index (χ0n) is 11.2. The molecule has 1 aliphatic heterocycles. The van der Waals surface area contributed by atoms with Crippen molar-refractivity contribution in [2.24, 2.45) is 0 Å². The first kappa shape index (κ1) is 17.8. The number of ether oxygens (including phenoxy) is 1. The maximum Gasteiger partial charge on any atom is 0.217 e. The molecular formula is C11H18NO9-. The van der Waals surface area contributed by atoms with E-state index in [1.807, 2.05) is 0 Å². The predicted octanol–water partition coefficient (Wildman–Crippen LogP) is -5.21. The largest absolute Gasteiger partial charge is 0.544 e. The highest BCUT2D eigenvalue weighted by Gasteiger charge is 2.50. The highest BCUT2D eigenvalue weighted by molar-refractivity contribution is 5.74. The number of aliphatic hydroxyl groups excluding tert-OH is 4. The molecule has 1 saturated heterocycles. The number of hydrogen-bond donors (Lipinski definition) is 6. The van der Waals surface area contributed by atoms with Gasteiger partial charge in [-0.05, 0) is 0 Å². The number of rotatable bonds is 5. The molecule has 0 aliphatic carbocycles. The van der Waals surface area contributed by atoms with Crippen molar-refractivity contribution in [2.75, 3.05) is 6.61 Å². The number of carboxylic acid groups (broad SMARTS) is 1. The van der Waals surface area contributed by atoms with Gasteiger partial charge in [-0.25, -0.2) is 0 Å². The number of nitrogens with one attached hydrogen (secondary N) is 1. The van der Waals surface area contributed by atoms with Crippen molar-refractivity contribution >= 4 is 11.9 Å². The Hall–Kier alpha value is -1.30. The molecule has 1 fully saturated rings. The lowest BCUT2D eigenvalue weighted by Gasteiger charge is -2.46. The quantitative estimate of drug-likeness (QED) is 0.289. The van der Waals surface area contributed by atoms with E-state index in [0.29, 0.717) is 0 Å². The second kappa shape index (κ2) is 6.64. The van der Waals surface area contributed by atoms with E-state index in [2.05, 4.69) is 5.32 Å². The van der Waals surface area contributed by atoms with E-state index < -0.39 is 61.1 Å². The summed E-state index contributed by atoms with van der Waals surface area (Å²) in [5.41, 5.74) is 0. The van der Waals surface area contributed by atoms with Crippen molar-refractivity contribution in [1.29, 1.82) is 0 Å². The summed E-state index contributed by atoms with van der Waals surface area (Å²) in [5.74, 6) is -5.55. The summed E-state index contributed by atoms with van der Waals surface area (Å²) in [6.07, 6.45) is -7.67. The van der Waals surface area contributed by atoms with E-state index >= 15 is 0 Å². The van der Waals surface area contributed by atoms with Crippen molar-refractivity contribution in [3.8, 4) is 0 Å². The highest BCUT2D eigenvalue weighted by Crippen LogP contribution is 2.29. The summed E-state index contributed by atoms with van der Waals surface area (Å²) in [7, 11) is 0. The molecule has 122 valence electrons. The molecule has 0 aromatic carbocycles. The second-order valence-electron chi connectivity index (χ2n) is 4.89. The Kier molecular flexibility index (Phi) is 5.61. The average molecular weight is 308 g/mol. The number of amides is 1. The molecule has 6 N–H and O–H groups in total. The minimum absolute atomic E-state index is 0.614. The zero-order valence-corrected chi connectivity index (χ0v) is 11.2. The SMILES string of the molecule is CC(=O)N[C@H]1[C@H]([C@H](O)[C@H](O)CO)O[C@@](O)(C(=O)[O-])C[C@@H]1O. The lowest BCUT2D eigenvalue weighted by atomic mass is 9.88. The first-order valence-electron chi connectivity index (χ1n) is 6.16. The average Bonchev–Trinajstić information content (AvgIpc) is 2.39. The Morgan fingerprint density at radius 3 is 2.48 bits per heavy atom. The number of aliphatic hydroxyl groups is 5. The fourth-order valence-corrected chi connectivity index (χ4v) is 2.13. The molecule has 0 unspecified atom stereocenters. The maximum atomic E-state index is 11.1. The third kappa shape index (κ3) is 3.87. The smallest absolute Gasteiger partial charge is 0.217 e. The Balaban J connectivity index is 3.07. The third-order valence-electron chi connectivity index (χ3n) is 3.19. The molecule has 0 bridgehead atoms. The van der Waals surface area contributed by atoms with Gasteiger partial charge in [-0.2, -0.15) is 0 Å². The maximum absolute atomic E-state index is 11.1. The van der Waals surface area contributed by atoms with Crippen LogP contribution in [0.5, 0.6) is 0 Å². The summed E-state index contributed by atoms with van der Waals surface area (Å²) in [6.45, 7) is 0.228. The number of hydrogen-bond acceptors (Lipinski definition) is 9. The van der Waals surface area contributed by atoms with E-state index in [9.17, 15) is 35.1 Å². The molecule has 1 rings (SSSR count). The van der Waals surface area contributed by atoms with Gasteiger partial charge in [-0.1, -0.05) is 0 Å². The van der Waals surface area contributed by atoms with E-state index in [1.54, 1.807) is 0 Å². The minimum atomic E-state index is -2.89. The van der Waals surface area contributed by atoms with Crippen LogP contribution in [0.1, 0.15) is 13.3 Å². The molecule has 21 heavy (non-hydrogen) atoms. The molecule has 1 amide bonds. The van der Waals surface area contributed by atoms with Crippen LogP contribution in [0.4, 0.5) is 0 Å². The topological polar surface area (TPSA) is 180 Å². The van der Waals surface area contributed by atoms with Crippen LogP contribution in [0.25, 0.3) is 0 Å². The van der Waals surface area contributed by atoms with Crippen LogP contribution >= 0.6 is 0 Å². The first-order valence-corrected chi connectivity index (χ1v) is 6.16. The van der Waals surface area contributed by atoms with E-state index in [1.165, 1.54) is 0 Å². The molecule has 0 aromatic heterocycles. The fraction of sp³-hybridized carbons (Fsp3) is 0.818. The number of aliphatic carboxylic acids is 1. The van der Waals surface area contributed by atoms with Crippen LogP contribution in [0.2, 0.25) is 0 Å². The van der Waals surface area contributed by atoms with Crippen molar-refractivity contribution in [1.82, 2.24) is 5.32 Å². The standard InChI is InChI=1S/C11H19NO9/c1-4(14)12-7-5(15)2-11(20,10(18)19)21-9(7)8(17)6(16)3-13/h5-9,13,15-17,20H,2-3H2,1H3,(H,12,14)(H,18,19)/p-1/t5-,6+,7+,8+,9+,11+/m0/s1. The van der Waals surface area contributed by atoms with Gasteiger partial charge in [0.05, 0.1) is 18.8 Å². The number of carbonyl (C=O) groups is 2. The van der Waals surface area contributed by atoms with Crippen molar-refractivity contribution in [2.45, 2.75) is 49.6 Å². The summed E-state index contributed by atoms with van der Waals surface area (Å²) in [6, 6.07) is -1.29. The van der Waals surface area contributed by atoms with Gasteiger partial charge in [-0.3, -0.25) is 4.79 Å². The van der Waals surface area contributed by atoms with E-state index in [-0.39, 0.29) is 0 Å². The zero-order chi connectivity index (χ0) is 16.4. The molecule has 10 heteroatoms. The van der Waals surface area contributed by atoms with Gasteiger partial charge in [0.15, 0.2) is 0 Å². The van der Waals surface area contributed by atoms with Crippen LogP contribution in [0.3, 0.4) is 0 Å². The van der Waals surface area contributed by atoms with Crippen LogP contribution in [-0.4, -0.2) is 80.3 Å². The Morgan fingerprint density at radius 2 is 2.05 bits per heavy atom. The normalized spacial score (nSPS) is 35.8. The lowest BCUT2D eigenvalue weighted by molar-refractivity contribution is -0.374. The Labute approximate surface area is 119 Å². The van der Waals surface area contributed by atoms with Crippen LogP contribution in [0, 0.1) is 0 Å². The molecule has 10 nitrogen and oxygen atoms in total. The van der Waals surface area contributed by atoms with E-state index in [4.69, 9.17) is 9.84 Å². The van der Waals surface area contributed by atoms with Gasteiger partial charge in [0.2, 0.25) is 11.7 Å². The van der Waals surface area contributed by atoms with Crippen LogP contribution in [-0.2, 0) is 14.3 Å². The molecule has 0 spiro atoms. The Bertz CT molecular complexity index is 403. The summed E-state index contributed by atoms with van der Waals surface area (Å²) in [5, 5.41) is 60.8. The first-order chi connectivity index (χ1) is 9.62. The van der Waals surface area contributed by atoms with Crippen molar-refractivity contribution in [3.63, 3.8) is 0 Å². The van der Waals surface area contributed by atoms with Gasteiger partial charge < -0.3 is 45.5 Å². The van der Waals surface area contributed by atoms with Gasteiger partial charge in [0.25, 0.3) is 0 Å². The van der Waals surface area contributed by atoms with Gasteiger partial charge >= 0.3 is 0 Å². The van der Waals surface area contributed by atoms with Gasteiger partial charge in [-0.15, -0.1) is 0 Å². The summed E-state index contributed by atoms with van der Waals surface area (Å²) >= 11 is 0. The molecule has 1 heterocycles. The van der Waals surface area contributed by atoms with Crippen LogP contribution in [0.15, 0.2) is 0 Å². The summed E-state index contributed by atoms with van der Waals surface area (Å²) in [4.78, 5) is 22.0. The molecule has 1 aliphatic rings. The third-order valence-corrected chi connectivity index (χ3v) is 3.19. The molecular weight excluding hydrogens is 290 g/mol. The van der Waals surface area contributed by atoms with Gasteiger partial charge in [0.1, 0.15) is 24.3 Å². The predicted molar refractivity (Wildman–Crippen MR) is 62.2 cm³/mol. The van der Waals surface area contributed by atoms with E-state index in [0.717, 1.165) is 6.92 Å². The number of carbonyl (C=O) groups excluding carboxylic acids is 2. The second-order valence-corrected chi connectivity index (χ2v) is 4.89.